The number of pyridine rings is 2. The molecule has 0 radical (unpaired) electrons. The summed E-state index contributed by atoms with van der Waals surface area (Å²) >= 11 is 0. The van der Waals surface area contributed by atoms with Crippen LogP contribution >= 0.6 is 0 Å². The first-order valence-corrected chi connectivity index (χ1v) is 9.48. The molecule has 0 bridgehead atoms. The Balaban J connectivity index is 1.91. The molecule has 152 valence electrons. The van der Waals surface area contributed by atoms with E-state index in [0.717, 1.165) is 19.3 Å². The van der Waals surface area contributed by atoms with Crippen molar-refractivity contribution in [1.82, 2.24) is 19.9 Å². The number of carbonyl (C=O) groups excluding carboxylic acids is 1. The van der Waals surface area contributed by atoms with Crippen LogP contribution < -0.4 is 16.4 Å². The molecule has 0 unspecified atom stereocenters. The van der Waals surface area contributed by atoms with Gasteiger partial charge in [-0.05, 0) is 31.5 Å². The molecular formula is C20H25N7O2. The fraction of sp³-hybridized carbons (Fsp3) is 0.350. The topological polar surface area (TPSA) is 139 Å². The summed E-state index contributed by atoms with van der Waals surface area (Å²) in [7, 11) is 0. The van der Waals surface area contributed by atoms with Gasteiger partial charge in [0.15, 0.2) is 5.82 Å². The number of fused-ring (bicyclic) bond motifs is 1. The van der Waals surface area contributed by atoms with Gasteiger partial charge in [-0.1, -0.05) is 19.8 Å². The Bertz CT molecular complexity index is 997. The average Bonchev–Trinajstić information content (AvgIpc) is 2.72. The van der Waals surface area contributed by atoms with Crippen LogP contribution in [0.2, 0.25) is 0 Å². The Morgan fingerprint density at radius 2 is 2.03 bits per heavy atom. The largest absolute Gasteiger partial charge is 0.394 e. The van der Waals surface area contributed by atoms with Crippen LogP contribution in [0.25, 0.3) is 11.0 Å². The molecule has 0 saturated heterocycles. The zero-order valence-electron chi connectivity index (χ0n) is 16.5. The Kier molecular flexibility index (Phi) is 6.18. The summed E-state index contributed by atoms with van der Waals surface area (Å²) in [6, 6.07) is 5.01. The lowest BCUT2D eigenvalue weighted by Gasteiger charge is -2.29. The number of rotatable bonds is 8. The Hall–Kier alpha value is -3.33. The van der Waals surface area contributed by atoms with Crippen molar-refractivity contribution >= 4 is 34.4 Å². The monoisotopic (exact) mass is 395 g/mol. The molecule has 9 nitrogen and oxygen atoms in total. The number of nitrogen functional groups attached to an aromatic ring is 1. The number of nitrogens with one attached hydrogen (secondary N) is 2. The Morgan fingerprint density at radius 3 is 2.72 bits per heavy atom. The third-order valence-corrected chi connectivity index (χ3v) is 4.60. The van der Waals surface area contributed by atoms with Gasteiger partial charge in [-0.15, -0.1) is 0 Å². The quantitative estimate of drug-likeness (QED) is 0.456. The highest BCUT2D eigenvalue weighted by molar-refractivity contribution is 6.06. The predicted molar refractivity (Wildman–Crippen MR) is 113 cm³/mol. The third kappa shape index (κ3) is 4.94. The van der Waals surface area contributed by atoms with Gasteiger partial charge in [-0.3, -0.25) is 9.78 Å². The first-order valence-electron chi connectivity index (χ1n) is 9.48. The van der Waals surface area contributed by atoms with Gasteiger partial charge in [0.05, 0.1) is 23.2 Å². The van der Waals surface area contributed by atoms with Gasteiger partial charge in [-0.25, -0.2) is 9.97 Å². The molecule has 3 rings (SSSR count). The van der Waals surface area contributed by atoms with Crippen LogP contribution in [0.3, 0.4) is 0 Å². The first kappa shape index (κ1) is 20.4. The molecule has 3 aromatic rings. The lowest BCUT2D eigenvalue weighted by Crippen LogP contribution is -2.39. The fourth-order valence-corrected chi connectivity index (χ4v) is 2.92. The van der Waals surface area contributed by atoms with Gasteiger partial charge in [0.2, 0.25) is 5.95 Å². The van der Waals surface area contributed by atoms with Crippen molar-refractivity contribution in [2.45, 2.75) is 38.6 Å². The van der Waals surface area contributed by atoms with Crippen LogP contribution in [0.1, 0.15) is 43.5 Å². The molecule has 0 saturated carbocycles. The van der Waals surface area contributed by atoms with Crippen molar-refractivity contribution in [1.29, 1.82) is 0 Å². The van der Waals surface area contributed by atoms with E-state index < -0.39 is 5.54 Å². The minimum atomic E-state index is -0.567. The van der Waals surface area contributed by atoms with E-state index in [0.29, 0.717) is 28.1 Å². The minimum Gasteiger partial charge on any atom is -0.394 e. The molecule has 29 heavy (non-hydrogen) atoms. The van der Waals surface area contributed by atoms with E-state index in [1.807, 2.05) is 6.92 Å². The maximum atomic E-state index is 12.5. The van der Waals surface area contributed by atoms with Crippen LogP contribution in [-0.4, -0.2) is 43.1 Å². The summed E-state index contributed by atoms with van der Waals surface area (Å²) in [5.74, 6) is 0.172. The summed E-state index contributed by atoms with van der Waals surface area (Å²) < 4.78 is 0. The van der Waals surface area contributed by atoms with Gasteiger partial charge in [0.25, 0.3) is 5.91 Å². The zero-order chi connectivity index (χ0) is 20.9. The van der Waals surface area contributed by atoms with Crippen molar-refractivity contribution in [3.05, 3.63) is 42.4 Å². The summed E-state index contributed by atoms with van der Waals surface area (Å²) in [5, 5.41) is 15.9. The predicted octanol–water partition coefficient (Wildman–Crippen LogP) is 2.61. The van der Waals surface area contributed by atoms with Gasteiger partial charge in [0, 0.05) is 24.3 Å². The second kappa shape index (κ2) is 8.78. The first-order chi connectivity index (χ1) is 13.9. The van der Waals surface area contributed by atoms with Crippen LogP contribution in [0.4, 0.5) is 17.5 Å². The Morgan fingerprint density at radius 1 is 1.28 bits per heavy atom. The molecule has 0 aliphatic heterocycles. The van der Waals surface area contributed by atoms with Gasteiger partial charge >= 0.3 is 0 Å². The molecule has 1 amide bonds. The number of nitrogens with two attached hydrogens (primary N) is 1. The number of aromatic nitrogens is 4. The van der Waals surface area contributed by atoms with E-state index in [1.165, 1.54) is 6.20 Å². The summed E-state index contributed by atoms with van der Waals surface area (Å²) in [6.45, 7) is 3.95. The highest BCUT2D eigenvalue weighted by Gasteiger charge is 2.25. The maximum Gasteiger partial charge on any atom is 0.257 e. The number of carbonyl (C=O) groups is 1. The molecule has 3 aromatic heterocycles. The molecular weight excluding hydrogens is 370 g/mol. The number of hydrogen-bond donors (Lipinski definition) is 4. The van der Waals surface area contributed by atoms with E-state index in [2.05, 4.69) is 37.5 Å². The number of nitrogens with zero attached hydrogens (tertiary/aromatic N) is 4. The van der Waals surface area contributed by atoms with Crippen LogP contribution in [0, 0.1) is 0 Å². The summed E-state index contributed by atoms with van der Waals surface area (Å²) in [6.07, 6.45) is 7.38. The van der Waals surface area contributed by atoms with Gasteiger partial charge in [-0.2, -0.15) is 4.98 Å². The number of aliphatic hydroxyl groups is 1. The van der Waals surface area contributed by atoms with Crippen LogP contribution in [0.5, 0.6) is 0 Å². The highest BCUT2D eigenvalue weighted by Crippen LogP contribution is 2.25. The summed E-state index contributed by atoms with van der Waals surface area (Å²) in [5.41, 5.74) is 7.20. The number of aliphatic hydroxyl groups excluding tert-OH is 1. The van der Waals surface area contributed by atoms with E-state index in [-0.39, 0.29) is 18.5 Å². The average molecular weight is 395 g/mol. The van der Waals surface area contributed by atoms with Crippen molar-refractivity contribution in [2.75, 3.05) is 23.0 Å². The van der Waals surface area contributed by atoms with E-state index in [9.17, 15) is 9.90 Å². The number of amides is 1. The van der Waals surface area contributed by atoms with Crippen LogP contribution in [0.15, 0.2) is 36.8 Å². The molecule has 0 fully saturated rings. The maximum absolute atomic E-state index is 12.5. The molecule has 0 spiro atoms. The lowest BCUT2D eigenvalue weighted by molar-refractivity contribution is 0.102. The van der Waals surface area contributed by atoms with E-state index in [4.69, 9.17) is 5.73 Å². The van der Waals surface area contributed by atoms with E-state index in [1.54, 1.807) is 30.6 Å². The SMILES string of the molecule is CCCC[C@](C)(CO)Nc1nc(N)nc2cc(C(=O)Nc3ccncc3)cnc12. The molecule has 0 aliphatic carbocycles. The number of hydrogen-bond acceptors (Lipinski definition) is 8. The third-order valence-electron chi connectivity index (χ3n) is 4.60. The second-order valence-electron chi connectivity index (χ2n) is 7.16. The van der Waals surface area contributed by atoms with Crippen molar-refractivity contribution in [2.24, 2.45) is 0 Å². The second-order valence-corrected chi connectivity index (χ2v) is 7.16. The smallest absolute Gasteiger partial charge is 0.257 e. The molecule has 0 aromatic carbocycles. The van der Waals surface area contributed by atoms with Crippen molar-refractivity contribution in [3.8, 4) is 0 Å². The zero-order valence-corrected chi connectivity index (χ0v) is 16.5. The normalized spacial score (nSPS) is 13.1. The molecule has 9 heteroatoms. The summed E-state index contributed by atoms with van der Waals surface area (Å²) in [4.78, 5) is 29.3. The van der Waals surface area contributed by atoms with E-state index >= 15 is 0 Å². The minimum absolute atomic E-state index is 0.0595. The highest BCUT2D eigenvalue weighted by atomic mass is 16.3. The number of anilines is 3. The van der Waals surface area contributed by atoms with Gasteiger partial charge < -0.3 is 21.5 Å². The van der Waals surface area contributed by atoms with Crippen LogP contribution in [-0.2, 0) is 0 Å². The molecule has 5 N–H and O–H groups in total. The van der Waals surface area contributed by atoms with Crippen molar-refractivity contribution in [3.63, 3.8) is 0 Å². The number of unbranched alkanes of at least 4 members (excludes halogenated alkanes) is 1. The fourth-order valence-electron chi connectivity index (χ4n) is 2.92. The molecule has 0 aliphatic rings. The lowest BCUT2D eigenvalue weighted by atomic mass is 9.96. The standard InChI is InChI=1S/C20H25N7O2/c1-3-4-7-20(2,12-28)27-17-16-15(25-19(21)26-17)10-13(11-23-16)18(29)24-14-5-8-22-9-6-14/h5-6,8-11,28H,3-4,7,12H2,1-2H3,(H,22,24,29)(H3,21,25,26,27)/t20-/m1/s1. The van der Waals surface area contributed by atoms with Crippen molar-refractivity contribution < 1.29 is 9.90 Å². The Labute approximate surface area is 168 Å². The van der Waals surface area contributed by atoms with Gasteiger partial charge in [0.1, 0.15) is 5.52 Å². The molecule has 1 atom stereocenters. The molecule has 3 heterocycles.